The molecular weight excluding hydrogens is 420 g/mol. The monoisotopic (exact) mass is 454 g/mol. The normalized spacial score (nSPS) is 27.8. The van der Waals surface area contributed by atoms with Gasteiger partial charge in [-0.25, -0.2) is 14.4 Å². The van der Waals surface area contributed by atoms with E-state index in [1.54, 1.807) is 34.6 Å². The van der Waals surface area contributed by atoms with Gasteiger partial charge in [0.05, 0.1) is 0 Å². The molecule has 0 aromatic rings. The van der Waals surface area contributed by atoms with Gasteiger partial charge >= 0.3 is 17.9 Å². The van der Waals surface area contributed by atoms with E-state index in [1.165, 1.54) is 26.8 Å². The molecule has 0 amide bonds. The first-order valence-electron chi connectivity index (χ1n) is 10.3. The summed E-state index contributed by atoms with van der Waals surface area (Å²) in [7, 11) is 0. The van der Waals surface area contributed by atoms with Crippen molar-refractivity contribution in [1.29, 1.82) is 0 Å². The van der Waals surface area contributed by atoms with Gasteiger partial charge in [-0.15, -0.1) is 0 Å². The van der Waals surface area contributed by atoms with E-state index in [1.807, 2.05) is 0 Å². The molecule has 1 saturated carbocycles. The molecule has 0 saturated heterocycles. The lowest BCUT2D eigenvalue weighted by atomic mass is 9.84. The van der Waals surface area contributed by atoms with E-state index >= 15 is 0 Å². The van der Waals surface area contributed by atoms with Crippen LogP contribution < -0.4 is 0 Å². The summed E-state index contributed by atoms with van der Waals surface area (Å²) in [6.07, 6.45) is -8.74. The molecule has 0 spiro atoms. The van der Waals surface area contributed by atoms with E-state index in [0.717, 1.165) is 0 Å². The number of carbonyl (C=O) groups is 3. The quantitative estimate of drug-likeness (QED) is 0.309. The van der Waals surface area contributed by atoms with Crippen LogP contribution in [0.2, 0.25) is 0 Å². The van der Waals surface area contributed by atoms with E-state index in [4.69, 9.17) is 14.2 Å². The van der Waals surface area contributed by atoms with Gasteiger partial charge in [-0.2, -0.15) is 0 Å². The maximum absolute atomic E-state index is 12.5. The van der Waals surface area contributed by atoms with Crippen molar-refractivity contribution in [2.45, 2.75) is 92.0 Å². The van der Waals surface area contributed by atoms with Crippen LogP contribution in [0.1, 0.15) is 55.4 Å². The largest absolute Gasteiger partial charge is 0.453 e. The Bertz CT molecular complexity index is 828. The van der Waals surface area contributed by atoms with Gasteiger partial charge in [-0.05, 0) is 55.4 Å². The fraction of sp³-hybridized carbons (Fsp3) is 0.609. The number of ether oxygens (including phenoxy) is 3. The van der Waals surface area contributed by atoms with E-state index in [9.17, 15) is 29.7 Å². The topological polar surface area (TPSA) is 140 Å². The fourth-order valence-corrected chi connectivity index (χ4v) is 2.75. The van der Waals surface area contributed by atoms with Gasteiger partial charge in [-0.3, -0.25) is 0 Å². The van der Waals surface area contributed by atoms with Crippen molar-refractivity contribution < 1.29 is 43.9 Å². The summed E-state index contributed by atoms with van der Waals surface area (Å²) in [5, 5.41) is 32.1. The second kappa shape index (κ2) is 11.4. The molecule has 1 fully saturated rings. The van der Waals surface area contributed by atoms with Gasteiger partial charge in [0.1, 0.15) is 18.3 Å². The average molecular weight is 455 g/mol. The third kappa shape index (κ3) is 6.27. The Balaban J connectivity index is 3.35. The van der Waals surface area contributed by atoms with E-state index in [2.05, 4.69) is 0 Å². The predicted molar refractivity (Wildman–Crippen MR) is 115 cm³/mol. The minimum atomic E-state index is -1.80. The lowest BCUT2D eigenvalue weighted by Crippen LogP contribution is -2.66. The molecule has 0 bridgehead atoms. The first-order valence-corrected chi connectivity index (χ1v) is 10.3. The van der Waals surface area contributed by atoms with Gasteiger partial charge in [-0.1, -0.05) is 17.2 Å². The van der Waals surface area contributed by atoms with Crippen LogP contribution in [-0.4, -0.2) is 69.9 Å². The molecule has 1 aliphatic rings. The second-order valence-electron chi connectivity index (χ2n) is 8.30. The lowest BCUT2D eigenvalue weighted by Gasteiger charge is -2.44. The standard InChI is InChI=1S/C23H34O9/c1-9-12(6)21(27)31-19-16(25)15(24)18(30-22(28)13(7)10(2)3)17(26)20(19)32-23(29)14(8)11(4)5/h9,15-20,24-26H,1-8H3/b12-9-/t15-,16-,17+,18-,19-,20-/m1/s1. The van der Waals surface area contributed by atoms with Crippen LogP contribution >= 0.6 is 0 Å². The summed E-state index contributed by atoms with van der Waals surface area (Å²) < 4.78 is 15.9. The van der Waals surface area contributed by atoms with Crippen LogP contribution in [0.3, 0.4) is 0 Å². The van der Waals surface area contributed by atoms with Crippen LogP contribution in [0.4, 0.5) is 0 Å². The Morgan fingerprint density at radius 3 is 1.34 bits per heavy atom. The molecule has 3 N–H and O–H groups in total. The zero-order valence-corrected chi connectivity index (χ0v) is 19.8. The maximum Gasteiger partial charge on any atom is 0.334 e. The van der Waals surface area contributed by atoms with Crippen molar-refractivity contribution in [2.75, 3.05) is 0 Å². The van der Waals surface area contributed by atoms with Crippen LogP contribution in [0.5, 0.6) is 0 Å². The molecule has 0 aromatic carbocycles. The zero-order chi connectivity index (χ0) is 24.9. The molecule has 32 heavy (non-hydrogen) atoms. The van der Waals surface area contributed by atoms with E-state index in [-0.39, 0.29) is 16.7 Å². The molecular formula is C23H34O9. The SMILES string of the molecule is C/C=C(/C)C(=O)O[C@@H]1[C@H](O)[C@@H](O)[C@@H](OC(=O)C(C)=C(C)C)[C@H](O)[C@H]1OC(=O)C(C)=C(C)C. The number of allylic oxidation sites excluding steroid dienone is 3. The minimum Gasteiger partial charge on any atom is -0.453 e. The number of hydrogen-bond donors (Lipinski definition) is 3. The molecule has 0 radical (unpaired) electrons. The zero-order valence-electron chi connectivity index (χ0n) is 19.8. The lowest BCUT2D eigenvalue weighted by molar-refractivity contribution is -0.244. The van der Waals surface area contributed by atoms with Crippen molar-refractivity contribution in [3.05, 3.63) is 33.9 Å². The maximum atomic E-state index is 12.5. The number of carbonyl (C=O) groups excluding carboxylic acids is 3. The highest BCUT2D eigenvalue weighted by molar-refractivity contribution is 5.90. The summed E-state index contributed by atoms with van der Waals surface area (Å²) in [4.78, 5) is 37.2. The Morgan fingerprint density at radius 2 is 0.938 bits per heavy atom. The molecule has 1 rings (SSSR count). The molecule has 0 aliphatic heterocycles. The van der Waals surface area contributed by atoms with Crippen molar-refractivity contribution in [3.63, 3.8) is 0 Å². The number of aliphatic hydroxyl groups excluding tert-OH is 3. The second-order valence-corrected chi connectivity index (χ2v) is 8.30. The van der Waals surface area contributed by atoms with Gasteiger partial charge in [0.15, 0.2) is 18.3 Å². The molecule has 9 nitrogen and oxygen atoms in total. The first kappa shape index (κ1) is 27.5. The van der Waals surface area contributed by atoms with Crippen molar-refractivity contribution in [1.82, 2.24) is 0 Å². The number of rotatable bonds is 6. The molecule has 0 aromatic heterocycles. The van der Waals surface area contributed by atoms with Gasteiger partial charge in [0.25, 0.3) is 0 Å². The van der Waals surface area contributed by atoms with Gasteiger partial charge < -0.3 is 29.5 Å². The smallest absolute Gasteiger partial charge is 0.334 e. The molecule has 0 heterocycles. The van der Waals surface area contributed by atoms with Crippen LogP contribution in [0, 0.1) is 0 Å². The average Bonchev–Trinajstić information content (AvgIpc) is 2.74. The molecule has 6 atom stereocenters. The highest BCUT2D eigenvalue weighted by Gasteiger charge is 2.55. The van der Waals surface area contributed by atoms with E-state index in [0.29, 0.717) is 11.1 Å². The van der Waals surface area contributed by atoms with Crippen LogP contribution in [-0.2, 0) is 28.6 Å². The number of esters is 3. The van der Waals surface area contributed by atoms with Crippen LogP contribution in [0.15, 0.2) is 33.9 Å². The summed E-state index contributed by atoms with van der Waals surface area (Å²) in [5.74, 6) is -2.45. The fourth-order valence-electron chi connectivity index (χ4n) is 2.75. The number of aliphatic hydroxyl groups is 3. The first-order chi connectivity index (χ1) is 14.7. The Hall–Kier alpha value is -2.49. The molecule has 0 unspecified atom stereocenters. The molecule has 1 aliphatic carbocycles. The van der Waals surface area contributed by atoms with Crippen molar-refractivity contribution in [3.8, 4) is 0 Å². The highest BCUT2D eigenvalue weighted by Crippen LogP contribution is 2.30. The summed E-state index contributed by atoms with van der Waals surface area (Å²) in [5.41, 5.74) is 2.03. The van der Waals surface area contributed by atoms with Crippen LogP contribution in [0.25, 0.3) is 0 Å². The van der Waals surface area contributed by atoms with Gasteiger partial charge in [0.2, 0.25) is 0 Å². The van der Waals surface area contributed by atoms with Gasteiger partial charge in [0, 0.05) is 16.7 Å². The van der Waals surface area contributed by atoms with E-state index < -0.39 is 54.5 Å². The number of hydrogen-bond acceptors (Lipinski definition) is 9. The summed E-state index contributed by atoms with van der Waals surface area (Å²) in [6, 6.07) is 0. The Kier molecular flexibility index (Phi) is 9.81. The van der Waals surface area contributed by atoms with Crippen molar-refractivity contribution >= 4 is 17.9 Å². The van der Waals surface area contributed by atoms with Crippen molar-refractivity contribution in [2.24, 2.45) is 0 Å². The Labute approximate surface area is 188 Å². The Morgan fingerprint density at radius 1 is 0.594 bits per heavy atom. The third-order valence-electron chi connectivity index (χ3n) is 5.62. The summed E-state index contributed by atoms with van der Waals surface area (Å²) in [6.45, 7) is 12.9. The molecule has 9 heteroatoms. The third-order valence-corrected chi connectivity index (χ3v) is 5.62. The minimum absolute atomic E-state index is 0.208. The predicted octanol–water partition coefficient (Wildman–Crippen LogP) is 1.50. The summed E-state index contributed by atoms with van der Waals surface area (Å²) >= 11 is 0. The highest BCUT2D eigenvalue weighted by atomic mass is 16.6. The molecule has 180 valence electrons.